The standard InChI is InChI=1S/C21H39N2P/c1-7-24(6,8-2)16-14-21(13-12-18(3)4)23-15-10-9-11-20(17-23)19(5)22/h10,15,17-18,21H,5-9,11-14,16,22H2,1-4H3. The summed E-state index contributed by atoms with van der Waals surface area (Å²) in [7, 11) is 0. The average molecular weight is 351 g/mol. The molecule has 0 aromatic rings. The fourth-order valence-electron chi connectivity index (χ4n) is 3.12. The van der Waals surface area contributed by atoms with Crippen LogP contribution in [0.2, 0.25) is 0 Å². The van der Waals surface area contributed by atoms with Crippen LogP contribution in [-0.2, 0) is 0 Å². The van der Waals surface area contributed by atoms with E-state index in [0.29, 0.717) is 11.7 Å². The molecule has 2 nitrogen and oxygen atoms in total. The summed E-state index contributed by atoms with van der Waals surface area (Å²) in [6.07, 6.45) is 21.0. The Labute approximate surface area is 150 Å². The van der Waals surface area contributed by atoms with E-state index < -0.39 is 6.89 Å². The Morgan fingerprint density at radius 2 is 1.92 bits per heavy atom. The molecule has 24 heavy (non-hydrogen) atoms. The van der Waals surface area contributed by atoms with Crippen LogP contribution in [0.4, 0.5) is 0 Å². The Balaban J connectivity index is 2.92. The molecule has 0 bridgehead atoms. The number of hydrogen-bond donors (Lipinski definition) is 1. The molecule has 1 aliphatic heterocycles. The fourth-order valence-corrected chi connectivity index (χ4v) is 5.05. The molecule has 0 aliphatic carbocycles. The Morgan fingerprint density at radius 1 is 1.25 bits per heavy atom. The first-order valence-electron chi connectivity index (χ1n) is 9.61. The maximum Gasteiger partial charge on any atom is 0.0334 e. The van der Waals surface area contributed by atoms with E-state index in [4.69, 9.17) is 5.73 Å². The highest BCUT2D eigenvalue weighted by Gasteiger charge is 2.20. The number of nitrogens with zero attached hydrogens (tertiary/aromatic N) is 1. The van der Waals surface area contributed by atoms with Crippen LogP contribution in [-0.4, -0.2) is 35.7 Å². The summed E-state index contributed by atoms with van der Waals surface area (Å²) < 4.78 is 0. The van der Waals surface area contributed by atoms with E-state index in [0.717, 1.165) is 18.8 Å². The summed E-state index contributed by atoms with van der Waals surface area (Å²) in [5.74, 6) is 0.744. The number of allylic oxidation sites excluding steroid dienone is 2. The molecule has 0 spiro atoms. The second-order valence-corrected chi connectivity index (χ2v) is 12.1. The van der Waals surface area contributed by atoms with Crippen molar-refractivity contribution < 1.29 is 0 Å². The zero-order valence-electron chi connectivity index (χ0n) is 16.4. The van der Waals surface area contributed by atoms with Crippen LogP contribution < -0.4 is 5.73 Å². The SMILES string of the molecule is C=C(N)C1=CN(C(CCC(C)C)CCP(=C)(CC)CC)C=CCC1. The molecule has 0 radical (unpaired) electrons. The Hall–Kier alpha value is -0.880. The van der Waals surface area contributed by atoms with Gasteiger partial charge in [0.1, 0.15) is 0 Å². The van der Waals surface area contributed by atoms with Gasteiger partial charge in [0.2, 0.25) is 0 Å². The lowest BCUT2D eigenvalue weighted by Crippen LogP contribution is -2.28. The molecular formula is C21H39N2P. The van der Waals surface area contributed by atoms with Crippen LogP contribution in [0.25, 0.3) is 0 Å². The van der Waals surface area contributed by atoms with E-state index in [-0.39, 0.29) is 0 Å². The highest BCUT2D eigenvalue weighted by atomic mass is 31.2. The summed E-state index contributed by atoms with van der Waals surface area (Å²) in [6.45, 7) is 12.2. The van der Waals surface area contributed by atoms with Crippen molar-refractivity contribution in [1.29, 1.82) is 0 Å². The summed E-state index contributed by atoms with van der Waals surface area (Å²) >= 11 is 0. The highest BCUT2D eigenvalue weighted by Crippen LogP contribution is 2.45. The van der Waals surface area contributed by atoms with E-state index in [1.165, 1.54) is 43.3 Å². The van der Waals surface area contributed by atoms with Crippen LogP contribution in [0.5, 0.6) is 0 Å². The number of hydrogen-bond acceptors (Lipinski definition) is 2. The summed E-state index contributed by atoms with van der Waals surface area (Å²) in [5.41, 5.74) is 7.89. The van der Waals surface area contributed by atoms with Gasteiger partial charge in [0.25, 0.3) is 0 Å². The van der Waals surface area contributed by atoms with Crippen molar-refractivity contribution in [1.82, 2.24) is 4.90 Å². The molecule has 2 N–H and O–H groups in total. The third kappa shape index (κ3) is 6.93. The molecule has 0 amide bonds. The van der Waals surface area contributed by atoms with Crippen LogP contribution in [0.15, 0.2) is 36.3 Å². The largest absolute Gasteiger partial charge is 0.399 e. The molecule has 138 valence electrons. The zero-order chi connectivity index (χ0) is 18.2. The van der Waals surface area contributed by atoms with Gasteiger partial charge >= 0.3 is 0 Å². The van der Waals surface area contributed by atoms with E-state index in [2.05, 4.69) is 63.9 Å². The minimum Gasteiger partial charge on any atom is -0.399 e. The summed E-state index contributed by atoms with van der Waals surface area (Å²) in [4.78, 5) is 2.42. The van der Waals surface area contributed by atoms with Crippen molar-refractivity contribution in [2.75, 3.05) is 18.5 Å². The van der Waals surface area contributed by atoms with E-state index in [9.17, 15) is 0 Å². The second-order valence-electron chi connectivity index (χ2n) is 7.66. The third-order valence-electron chi connectivity index (χ3n) is 5.35. The van der Waals surface area contributed by atoms with Crippen LogP contribution in [0.3, 0.4) is 0 Å². The van der Waals surface area contributed by atoms with Gasteiger partial charge in [-0.2, -0.15) is 0 Å². The first-order valence-corrected chi connectivity index (χ1v) is 12.1. The van der Waals surface area contributed by atoms with Crippen LogP contribution in [0, 0.1) is 5.92 Å². The smallest absolute Gasteiger partial charge is 0.0334 e. The quantitative estimate of drug-likeness (QED) is 0.517. The van der Waals surface area contributed by atoms with Crippen molar-refractivity contribution in [2.45, 2.75) is 65.8 Å². The van der Waals surface area contributed by atoms with Gasteiger partial charge in [-0.05, 0) is 68.3 Å². The molecule has 1 aliphatic rings. The Morgan fingerprint density at radius 3 is 2.46 bits per heavy atom. The van der Waals surface area contributed by atoms with Gasteiger partial charge in [0, 0.05) is 17.9 Å². The molecule has 3 heteroatoms. The first-order chi connectivity index (χ1) is 11.3. The molecule has 1 rings (SSSR count). The third-order valence-corrected chi connectivity index (χ3v) is 9.24. The molecule has 1 heterocycles. The summed E-state index contributed by atoms with van der Waals surface area (Å²) in [6, 6.07) is 0.551. The van der Waals surface area contributed by atoms with Gasteiger partial charge < -0.3 is 10.6 Å². The average Bonchev–Trinajstić information content (AvgIpc) is 2.80. The molecule has 0 fully saturated rings. The van der Waals surface area contributed by atoms with Crippen molar-refractivity contribution in [3.8, 4) is 0 Å². The predicted octanol–water partition coefficient (Wildman–Crippen LogP) is 5.64. The minimum atomic E-state index is -0.992. The molecule has 1 atom stereocenters. The molecule has 0 aromatic carbocycles. The fraction of sp³-hybridized carbons (Fsp3) is 0.667. The molecule has 0 aromatic heterocycles. The highest BCUT2D eigenvalue weighted by molar-refractivity contribution is 7.73. The number of nitrogens with two attached hydrogens (primary N) is 1. The van der Waals surface area contributed by atoms with Crippen LogP contribution in [0.1, 0.15) is 59.8 Å². The van der Waals surface area contributed by atoms with E-state index in [1.54, 1.807) is 0 Å². The maximum absolute atomic E-state index is 5.99. The van der Waals surface area contributed by atoms with E-state index >= 15 is 0 Å². The molecule has 0 saturated heterocycles. The predicted molar refractivity (Wildman–Crippen MR) is 114 cm³/mol. The lowest BCUT2D eigenvalue weighted by molar-refractivity contribution is 0.314. The van der Waals surface area contributed by atoms with Crippen molar-refractivity contribution >= 4 is 13.2 Å². The normalized spacial score (nSPS) is 16.9. The summed E-state index contributed by atoms with van der Waals surface area (Å²) in [5, 5.41) is 0. The van der Waals surface area contributed by atoms with Gasteiger partial charge in [-0.25, -0.2) is 0 Å². The zero-order valence-corrected chi connectivity index (χ0v) is 17.3. The van der Waals surface area contributed by atoms with Gasteiger partial charge in [0.05, 0.1) is 0 Å². The Kier molecular flexibility index (Phi) is 8.98. The second kappa shape index (κ2) is 10.2. The maximum atomic E-state index is 5.99. The Bertz CT molecular complexity index is 494. The van der Waals surface area contributed by atoms with Crippen molar-refractivity contribution in [3.05, 3.63) is 36.3 Å². The molecular weight excluding hydrogens is 311 g/mol. The number of rotatable bonds is 10. The van der Waals surface area contributed by atoms with Gasteiger partial charge in [-0.15, -0.1) is 13.2 Å². The monoisotopic (exact) mass is 350 g/mol. The van der Waals surface area contributed by atoms with Crippen LogP contribution >= 0.6 is 6.89 Å². The van der Waals surface area contributed by atoms with Crippen molar-refractivity contribution in [3.63, 3.8) is 0 Å². The van der Waals surface area contributed by atoms with Gasteiger partial charge in [-0.3, -0.25) is 0 Å². The lowest BCUT2D eigenvalue weighted by atomic mass is 10.0. The van der Waals surface area contributed by atoms with Crippen molar-refractivity contribution in [2.24, 2.45) is 11.7 Å². The minimum absolute atomic E-state index is 0.551. The lowest BCUT2D eigenvalue weighted by Gasteiger charge is -2.31. The topological polar surface area (TPSA) is 29.3 Å². The molecule has 1 unspecified atom stereocenters. The van der Waals surface area contributed by atoms with Gasteiger partial charge in [0.15, 0.2) is 0 Å². The van der Waals surface area contributed by atoms with Gasteiger partial charge in [-0.1, -0.05) is 40.3 Å². The van der Waals surface area contributed by atoms with E-state index in [1.807, 2.05) is 0 Å². The molecule has 0 saturated carbocycles. The first kappa shape index (κ1) is 21.2.